The fourth-order valence-electron chi connectivity index (χ4n) is 7.42. The van der Waals surface area contributed by atoms with Crippen molar-refractivity contribution in [1.82, 2.24) is 0 Å². The lowest BCUT2D eigenvalue weighted by Crippen LogP contribution is -2.75. The van der Waals surface area contributed by atoms with E-state index in [4.69, 9.17) is 0 Å². The molecule has 0 spiro atoms. The number of aromatic nitrogens is 1. The van der Waals surface area contributed by atoms with Crippen LogP contribution in [0.15, 0.2) is 114 Å². The van der Waals surface area contributed by atoms with Crippen LogP contribution in [-0.2, 0) is 62.6 Å². The Kier molecular flexibility index (Phi) is 15.2. The molecule has 1 aromatic heterocycles. The van der Waals surface area contributed by atoms with Gasteiger partial charge in [0.05, 0.1) is 49.9 Å². The van der Waals surface area contributed by atoms with Gasteiger partial charge in [0.25, 0.3) is 0 Å². The maximum absolute atomic E-state index is 14.2. The molecule has 0 N–H and O–H groups in total. The zero-order valence-corrected chi connectivity index (χ0v) is 35.1. The van der Waals surface area contributed by atoms with Gasteiger partial charge in [-0.05, 0) is 24.3 Å². The molecule has 0 atom stereocenters. The van der Waals surface area contributed by atoms with Crippen molar-refractivity contribution in [3.8, 4) is 0 Å². The number of hydrogen-bond acceptors (Lipinski definition) is 1. The Bertz CT molecular complexity index is 2390. The van der Waals surface area contributed by atoms with Gasteiger partial charge < -0.3 is 0 Å². The Morgan fingerprint density at radius 1 is 0.352 bits per heavy atom. The third-order valence-electron chi connectivity index (χ3n) is 10.5. The van der Waals surface area contributed by atoms with E-state index in [0.29, 0.717) is 0 Å². The molecule has 28 heteroatoms. The lowest BCUT2D eigenvalue weighted by molar-refractivity contribution is -0.692. The summed E-state index contributed by atoms with van der Waals surface area (Å²) in [4.78, 5) is 0. The molecular weight excluding hydrogens is 1050 g/mol. The summed E-state index contributed by atoms with van der Waals surface area (Å²) >= 11 is 1.53. The number of halogens is 25. The Labute approximate surface area is 385 Å². The van der Waals surface area contributed by atoms with Crippen LogP contribution < -0.4 is 26.4 Å². The molecule has 384 valence electrons. The maximum atomic E-state index is 14.2. The second-order valence-corrected chi connectivity index (χ2v) is 16.0. The lowest BCUT2D eigenvalue weighted by Gasteiger charge is -2.46. The SMILES string of the molecule is FC(F)(F)c1cc([B-](c2cc(C(F)(F)F)cc(C(F)(F)F)c2)(c2cc(C(F)(F)F)cc(C(F)(F)F)c2)c2cc(C(F)(F)F)cc(C(F)(F)F)c2)cc(C(F)(F)F)c1.FCc1csc[n+]1Cc1ccccc1. The van der Waals surface area contributed by atoms with E-state index in [1.54, 1.807) is 0 Å². The minimum Gasteiger partial charge on any atom is -0.239 e. The number of rotatable bonds is 7. The monoisotopic (exact) mass is 1070 g/mol. The summed E-state index contributed by atoms with van der Waals surface area (Å²) in [5.41, 5.74) is -26.3. The van der Waals surface area contributed by atoms with Crippen LogP contribution in [0.4, 0.5) is 110 Å². The predicted molar refractivity (Wildman–Crippen MR) is 205 cm³/mol. The predicted octanol–water partition coefficient (Wildman–Crippen LogP) is 13.8. The summed E-state index contributed by atoms with van der Waals surface area (Å²) in [7, 11) is 0. The summed E-state index contributed by atoms with van der Waals surface area (Å²) in [5, 5.41) is 1.85. The van der Waals surface area contributed by atoms with Crippen LogP contribution in [0.25, 0.3) is 0 Å². The van der Waals surface area contributed by atoms with E-state index in [-0.39, 0.29) is 0 Å². The quantitative estimate of drug-likeness (QED) is 0.0852. The standard InChI is InChI=1S/C32H12BF24.C11H11FNS/c34-25(35,36)13-1-14(26(37,38)39)6-21(5-13)33(22-7-15(27(40,41)42)2-16(8-22)28(43,44)45,23-9-17(29(46,47)48)3-18(10-23)30(49,50)51)24-11-19(31(52,53)54)4-20(12-24)32(55,56)57;12-6-11-8-14-9-13(11)7-10-4-2-1-3-5-10/h1-12H;1-5,8-9H,6-7H2/q-1;+1. The van der Waals surface area contributed by atoms with Gasteiger partial charge in [0.2, 0.25) is 11.2 Å². The molecular formula is C43H23BF25NS. The Morgan fingerprint density at radius 2 is 0.592 bits per heavy atom. The van der Waals surface area contributed by atoms with Gasteiger partial charge in [-0.1, -0.05) is 90.2 Å². The topological polar surface area (TPSA) is 3.88 Å². The van der Waals surface area contributed by atoms with E-state index in [1.807, 2.05) is 45.8 Å². The first-order chi connectivity index (χ1) is 32.2. The summed E-state index contributed by atoms with van der Waals surface area (Å²) in [6.07, 6.45) is -54.8. The van der Waals surface area contributed by atoms with E-state index >= 15 is 0 Å². The van der Waals surface area contributed by atoms with E-state index in [0.717, 1.165) is 12.2 Å². The molecule has 6 rings (SSSR count). The molecule has 0 aliphatic heterocycles. The van der Waals surface area contributed by atoms with E-state index in [2.05, 4.69) is 0 Å². The summed E-state index contributed by atoms with van der Waals surface area (Å²) in [6.45, 7) is 0.361. The van der Waals surface area contributed by atoms with Gasteiger partial charge in [0.1, 0.15) is 6.15 Å². The Morgan fingerprint density at radius 3 is 0.803 bits per heavy atom. The molecule has 0 bridgehead atoms. The van der Waals surface area contributed by atoms with Crippen molar-refractivity contribution in [2.45, 2.75) is 62.6 Å². The third kappa shape index (κ3) is 12.9. The first kappa shape index (κ1) is 56.0. The molecule has 6 aromatic rings. The van der Waals surface area contributed by atoms with Crippen LogP contribution in [0.5, 0.6) is 0 Å². The van der Waals surface area contributed by atoms with E-state index in [9.17, 15) is 110 Å². The van der Waals surface area contributed by atoms with Crippen LogP contribution >= 0.6 is 11.3 Å². The highest BCUT2D eigenvalue weighted by Crippen LogP contribution is 2.41. The smallest absolute Gasteiger partial charge is 0.239 e. The first-order valence-corrected chi connectivity index (χ1v) is 20.0. The van der Waals surface area contributed by atoms with Crippen molar-refractivity contribution >= 4 is 39.3 Å². The van der Waals surface area contributed by atoms with Crippen LogP contribution in [0.1, 0.15) is 55.8 Å². The van der Waals surface area contributed by atoms with Crippen LogP contribution in [0.3, 0.4) is 0 Å². The van der Waals surface area contributed by atoms with Crippen molar-refractivity contribution in [3.05, 3.63) is 170 Å². The minimum atomic E-state index is -6.13. The number of alkyl halides is 25. The summed E-state index contributed by atoms with van der Waals surface area (Å²) in [5.74, 6) is 0. The molecule has 0 aliphatic carbocycles. The van der Waals surface area contributed by atoms with Crippen LogP contribution in [-0.4, -0.2) is 6.15 Å². The second kappa shape index (κ2) is 19.2. The lowest BCUT2D eigenvalue weighted by atomic mass is 9.12. The van der Waals surface area contributed by atoms with E-state index < -0.39 is 201 Å². The maximum Gasteiger partial charge on any atom is 0.416 e. The fraction of sp³-hybridized carbons (Fsp3) is 0.233. The fourth-order valence-corrected chi connectivity index (χ4v) is 8.19. The molecule has 1 nitrogen and oxygen atoms in total. The Hall–Kier alpha value is -5.96. The highest BCUT2D eigenvalue weighted by Gasteiger charge is 2.47. The molecule has 0 amide bonds. The zero-order chi connectivity index (χ0) is 53.7. The molecule has 0 unspecified atom stereocenters. The van der Waals surface area contributed by atoms with Gasteiger partial charge in [-0.25, -0.2) is 4.39 Å². The van der Waals surface area contributed by atoms with Crippen LogP contribution in [0.2, 0.25) is 0 Å². The summed E-state index contributed by atoms with van der Waals surface area (Å²) < 4.78 is 355. The van der Waals surface area contributed by atoms with Gasteiger partial charge in [-0.15, -0.1) is 0 Å². The third-order valence-corrected chi connectivity index (χ3v) is 11.3. The van der Waals surface area contributed by atoms with Gasteiger partial charge >= 0.3 is 49.4 Å². The molecule has 0 radical (unpaired) electrons. The molecule has 0 aliphatic rings. The Balaban J connectivity index is 0.000000569. The van der Waals surface area contributed by atoms with Gasteiger partial charge in [0.15, 0.2) is 13.2 Å². The number of nitrogens with zero attached hydrogens (tertiary/aromatic N) is 1. The zero-order valence-electron chi connectivity index (χ0n) is 34.3. The van der Waals surface area contributed by atoms with Crippen LogP contribution in [0, 0.1) is 0 Å². The normalized spacial score (nSPS) is 13.5. The van der Waals surface area contributed by atoms with Gasteiger partial charge in [0, 0.05) is 5.56 Å². The highest BCUT2D eigenvalue weighted by molar-refractivity contribution is 7.20. The molecule has 5 aromatic carbocycles. The van der Waals surface area contributed by atoms with Crippen molar-refractivity contribution in [1.29, 1.82) is 0 Å². The summed E-state index contributed by atoms with van der Waals surface area (Å²) in [6, 6.07) is 1.27. The van der Waals surface area contributed by atoms with Crippen molar-refractivity contribution in [2.75, 3.05) is 0 Å². The molecule has 0 fully saturated rings. The van der Waals surface area contributed by atoms with Crippen molar-refractivity contribution in [2.24, 2.45) is 0 Å². The average molecular weight is 1070 g/mol. The number of benzene rings is 5. The first-order valence-electron chi connectivity index (χ1n) is 19.1. The van der Waals surface area contributed by atoms with Crippen molar-refractivity contribution in [3.63, 3.8) is 0 Å². The van der Waals surface area contributed by atoms with Crippen molar-refractivity contribution < 1.29 is 114 Å². The highest BCUT2D eigenvalue weighted by atomic mass is 32.1. The molecule has 0 saturated carbocycles. The molecule has 0 saturated heterocycles. The number of hydrogen-bond donors (Lipinski definition) is 0. The van der Waals surface area contributed by atoms with Gasteiger partial charge in [-0.2, -0.15) is 132 Å². The molecule has 1 heterocycles. The average Bonchev–Trinajstić information content (AvgIpc) is 3.68. The van der Waals surface area contributed by atoms with E-state index in [1.165, 1.54) is 16.9 Å². The largest absolute Gasteiger partial charge is 0.416 e. The number of thiazole rings is 1. The second-order valence-electron chi connectivity index (χ2n) is 15.3. The van der Waals surface area contributed by atoms with Gasteiger partial charge in [-0.3, -0.25) is 0 Å². The molecule has 71 heavy (non-hydrogen) atoms. The minimum absolute atomic E-state index is 0.393.